The Labute approximate surface area is 109 Å². The average molecular weight is 246 g/mol. The molecular weight excluding hydrogens is 224 g/mol. The van der Waals surface area contributed by atoms with Gasteiger partial charge in [0.25, 0.3) is 0 Å². The smallest absolute Gasteiger partial charge is 0.228 e. The van der Waals surface area contributed by atoms with Gasteiger partial charge in [-0.25, -0.2) is 0 Å². The Hall–Kier alpha value is -1.38. The molecule has 0 spiro atoms. The summed E-state index contributed by atoms with van der Waals surface area (Å²) in [7, 11) is 0. The molecule has 1 atom stereocenters. The molecule has 1 saturated heterocycles. The maximum Gasteiger partial charge on any atom is 0.228 e. The highest BCUT2D eigenvalue weighted by molar-refractivity contribution is 5.83. The second kappa shape index (κ2) is 5.09. The van der Waals surface area contributed by atoms with E-state index in [1.54, 1.807) is 6.20 Å². The van der Waals surface area contributed by atoms with Crippen LogP contribution in [0.3, 0.4) is 0 Å². The fourth-order valence-corrected chi connectivity index (χ4v) is 2.75. The van der Waals surface area contributed by atoms with E-state index in [-0.39, 0.29) is 17.4 Å². The molecule has 2 heterocycles. The van der Waals surface area contributed by atoms with Crippen LogP contribution < -0.4 is 0 Å². The summed E-state index contributed by atoms with van der Waals surface area (Å²) >= 11 is 0. The van der Waals surface area contributed by atoms with Gasteiger partial charge in [0.05, 0.1) is 11.7 Å². The van der Waals surface area contributed by atoms with Crippen molar-refractivity contribution in [2.24, 2.45) is 5.41 Å². The van der Waals surface area contributed by atoms with Gasteiger partial charge in [-0.2, -0.15) is 0 Å². The van der Waals surface area contributed by atoms with Gasteiger partial charge >= 0.3 is 0 Å². The summed E-state index contributed by atoms with van der Waals surface area (Å²) in [5, 5.41) is 0. The average Bonchev–Trinajstić information content (AvgIpc) is 2.37. The van der Waals surface area contributed by atoms with Crippen LogP contribution in [-0.2, 0) is 4.79 Å². The van der Waals surface area contributed by atoms with Gasteiger partial charge in [-0.05, 0) is 31.4 Å². The van der Waals surface area contributed by atoms with Gasteiger partial charge in [0, 0.05) is 18.2 Å². The van der Waals surface area contributed by atoms with E-state index in [2.05, 4.69) is 11.9 Å². The van der Waals surface area contributed by atoms with Gasteiger partial charge in [0.2, 0.25) is 5.91 Å². The normalized spacial score (nSPS) is 20.8. The quantitative estimate of drug-likeness (QED) is 0.820. The molecule has 1 aliphatic heterocycles. The summed E-state index contributed by atoms with van der Waals surface area (Å²) in [5.41, 5.74) is 0.784. The number of pyridine rings is 1. The summed E-state index contributed by atoms with van der Waals surface area (Å²) in [5.74, 6) is 0.270. The van der Waals surface area contributed by atoms with Crippen LogP contribution in [0, 0.1) is 5.41 Å². The molecular formula is C15H22N2O. The molecule has 18 heavy (non-hydrogen) atoms. The number of hydrogen-bond donors (Lipinski definition) is 0. The zero-order chi connectivity index (χ0) is 13.2. The Kier molecular flexibility index (Phi) is 3.69. The van der Waals surface area contributed by atoms with Crippen molar-refractivity contribution in [2.45, 2.75) is 46.1 Å². The van der Waals surface area contributed by atoms with E-state index < -0.39 is 0 Å². The number of nitrogens with zero attached hydrogens (tertiary/aromatic N) is 2. The standard InChI is InChI=1S/C15H22N2O/c1-4-13(12-8-5-6-10-16-12)17-11-7-9-15(2,3)14(17)18/h5-6,8,10,13H,4,7,9,11H2,1-3H3. The zero-order valence-electron chi connectivity index (χ0n) is 11.5. The zero-order valence-corrected chi connectivity index (χ0v) is 11.5. The lowest BCUT2D eigenvalue weighted by atomic mass is 9.82. The molecule has 3 nitrogen and oxygen atoms in total. The van der Waals surface area contributed by atoms with Crippen LogP contribution in [0.5, 0.6) is 0 Å². The first-order valence-corrected chi connectivity index (χ1v) is 6.78. The SMILES string of the molecule is CCC(c1ccccn1)N1CCCC(C)(C)C1=O. The van der Waals surface area contributed by atoms with Crippen LogP contribution in [0.25, 0.3) is 0 Å². The summed E-state index contributed by atoms with van der Waals surface area (Å²) in [6.07, 6.45) is 4.79. The number of rotatable bonds is 3. The molecule has 0 radical (unpaired) electrons. The van der Waals surface area contributed by atoms with E-state index in [4.69, 9.17) is 0 Å². The van der Waals surface area contributed by atoms with E-state index in [0.29, 0.717) is 0 Å². The van der Waals surface area contributed by atoms with E-state index in [0.717, 1.165) is 31.5 Å². The summed E-state index contributed by atoms with van der Waals surface area (Å²) < 4.78 is 0. The Morgan fingerprint density at radius 3 is 2.83 bits per heavy atom. The topological polar surface area (TPSA) is 33.2 Å². The van der Waals surface area contributed by atoms with E-state index >= 15 is 0 Å². The summed E-state index contributed by atoms with van der Waals surface area (Å²) in [6, 6.07) is 6.05. The molecule has 0 saturated carbocycles. The molecule has 1 fully saturated rings. The van der Waals surface area contributed by atoms with Crippen molar-refractivity contribution in [3.8, 4) is 0 Å². The highest BCUT2D eigenvalue weighted by Gasteiger charge is 2.38. The molecule has 1 aromatic rings. The second-order valence-electron chi connectivity index (χ2n) is 5.66. The molecule has 98 valence electrons. The van der Waals surface area contributed by atoms with Gasteiger partial charge in [-0.3, -0.25) is 9.78 Å². The molecule has 0 aliphatic carbocycles. The molecule has 2 rings (SSSR count). The first-order valence-electron chi connectivity index (χ1n) is 6.78. The lowest BCUT2D eigenvalue weighted by Crippen LogP contribution is -2.47. The van der Waals surface area contributed by atoms with Crippen molar-refractivity contribution < 1.29 is 4.79 Å². The van der Waals surface area contributed by atoms with E-state index in [9.17, 15) is 4.79 Å². The van der Waals surface area contributed by atoms with Crippen LogP contribution in [-0.4, -0.2) is 22.3 Å². The van der Waals surface area contributed by atoms with Crippen molar-refractivity contribution in [3.63, 3.8) is 0 Å². The highest BCUT2D eigenvalue weighted by Crippen LogP contribution is 2.35. The molecule has 1 unspecified atom stereocenters. The molecule has 1 aliphatic rings. The second-order valence-corrected chi connectivity index (χ2v) is 5.66. The lowest BCUT2D eigenvalue weighted by molar-refractivity contribution is -0.147. The van der Waals surface area contributed by atoms with Crippen molar-refractivity contribution in [1.29, 1.82) is 0 Å². The first kappa shape index (κ1) is 13.1. The summed E-state index contributed by atoms with van der Waals surface area (Å²) in [6.45, 7) is 7.07. The Morgan fingerprint density at radius 1 is 1.44 bits per heavy atom. The molecule has 0 N–H and O–H groups in total. The van der Waals surface area contributed by atoms with Crippen molar-refractivity contribution in [2.75, 3.05) is 6.54 Å². The number of piperidine rings is 1. The van der Waals surface area contributed by atoms with Crippen molar-refractivity contribution in [1.82, 2.24) is 9.88 Å². The predicted octanol–water partition coefficient (Wildman–Crippen LogP) is 3.18. The van der Waals surface area contributed by atoms with Crippen LogP contribution >= 0.6 is 0 Å². The molecule has 1 aromatic heterocycles. The van der Waals surface area contributed by atoms with Crippen molar-refractivity contribution in [3.05, 3.63) is 30.1 Å². The maximum absolute atomic E-state index is 12.5. The highest BCUT2D eigenvalue weighted by atomic mass is 16.2. The summed E-state index contributed by atoms with van der Waals surface area (Å²) in [4.78, 5) is 19.0. The van der Waals surface area contributed by atoms with Crippen molar-refractivity contribution >= 4 is 5.91 Å². The predicted molar refractivity (Wildman–Crippen MR) is 72.0 cm³/mol. The third-order valence-electron chi connectivity index (χ3n) is 3.83. The third kappa shape index (κ3) is 2.40. The monoisotopic (exact) mass is 246 g/mol. The van der Waals surface area contributed by atoms with Gasteiger partial charge in [-0.15, -0.1) is 0 Å². The minimum atomic E-state index is -0.222. The Balaban J connectivity index is 2.26. The first-order chi connectivity index (χ1) is 8.56. The number of likely N-dealkylation sites (tertiary alicyclic amines) is 1. The molecule has 0 bridgehead atoms. The lowest BCUT2D eigenvalue weighted by Gasteiger charge is -2.41. The third-order valence-corrected chi connectivity index (χ3v) is 3.83. The van der Waals surface area contributed by atoms with Gasteiger partial charge < -0.3 is 4.90 Å². The molecule has 3 heteroatoms. The van der Waals surface area contributed by atoms with Crippen LogP contribution in [0.1, 0.15) is 51.8 Å². The Morgan fingerprint density at radius 2 is 2.22 bits per heavy atom. The number of carbonyl (C=O) groups is 1. The largest absolute Gasteiger partial charge is 0.334 e. The van der Waals surface area contributed by atoms with Crippen LogP contribution in [0.2, 0.25) is 0 Å². The number of amides is 1. The fraction of sp³-hybridized carbons (Fsp3) is 0.600. The number of hydrogen-bond acceptors (Lipinski definition) is 2. The van der Waals surface area contributed by atoms with Gasteiger partial charge in [-0.1, -0.05) is 26.8 Å². The van der Waals surface area contributed by atoms with Gasteiger partial charge in [0.1, 0.15) is 0 Å². The fourth-order valence-electron chi connectivity index (χ4n) is 2.75. The minimum Gasteiger partial charge on any atom is -0.334 e. The minimum absolute atomic E-state index is 0.123. The number of aromatic nitrogens is 1. The maximum atomic E-state index is 12.5. The van der Waals surface area contributed by atoms with E-state index in [1.807, 2.05) is 36.9 Å². The van der Waals surface area contributed by atoms with Crippen LogP contribution in [0.4, 0.5) is 0 Å². The van der Waals surface area contributed by atoms with E-state index in [1.165, 1.54) is 0 Å². The Bertz CT molecular complexity index is 414. The molecule has 1 amide bonds. The van der Waals surface area contributed by atoms with Crippen LogP contribution in [0.15, 0.2) is 24.4 Å². The molecule has 0 aromatic carbocycles. The number of carbonyl (C=O) groups excluding carboxylic acids is 1. The van der Waals surface area contributed by atoms with Gasteiger partial charge in [0.15, 0.2) is 0 Å².